The van der Waals surface area contributed by atoms with E-state index in [4.69, 9.17) is 4.74 Å². The zero-order valence-corrected chi connectivity index (χ0v) is 12.8. The predicted molar refractivity (Wildman–Crippen MR) is 79.1 cm³/mol. The van der Waals surface area contributed by atoms with Crippen molar-refractivity contribution in [2.24, 2.45) is 5.92 Å². The van der Waals surface area contributed by atoms with Crippen molar-refractivity contribution in [3.8, 4) is 5.75 Å². The molecule has 1 unspecified atom stereocenters. The van der Waals surface area contributed by atoms with E-state index in [2.05, 4.69) is 53.4 Å². The van der Waals surface area contributed by atoms with E-state index in [1.54, 1.807) is 0 Å². The number of rotatable bonds is 6. The second kappa shape index (κ2) is 6.58. The van der Waals surface area contributed by atoms with Crippen LogP contribution in [-0.2, 0) is 0 Å². The molecule has 1 aromatic rings. The lowest BCUT2D eigenvalue weighted by molar-refractivity contribution is 0.239. The van der Waals surface area contributed by atoms with E-state index in [9.17, 15) is 0 Å². The summed E-state index contributed by atoms with van der Waals surface area (Å²) in [7, 11) is 2.05. The fourth-order valence-corrected chi connectivity index (χ4v) is 3.00. The number of nitrogens with one attached hydrogen (secondary N) is 1. The molecule has 0 amide bonds. The molecule has 1 aliphatic carbocycles. The summed E-state index contributed by atoms with van der Waals surface area (Å²) in [6.45, 7) is 2.89. The molecule has 1 aromatic carbocycles. The Morgan fingerprint density at radius 1 is 1.44 bits per heavy atom. The molecule has 1 aliphatic rings. The van der Waals surface area contributed by atoms with Crippen LogP contribution in [0.25, 0.3) is 0 Å². The lowest BCUT2D eigenvalue weighted by Gasteiger charge is -2.34. The van der Waals surface area contributed by atoms with Crippen LogP contribution in [0.4, 0.5) is 0 Å². The molecule has 0 spiro atoms. The topological polar surface area (TPSA) is 21.3 Å². The molecule has 1 atom stereocenters. The minimum absolute atomic E-state index is 0.482. The third-order valence-corrected chi connectivity index (χ3v) is 4.33. The first kappa shape index (κ1) is 13.9. The van der Waals surface area contributed by atoms with Gasteiger partial charge in [-0.2, -0.15) is 0 Å². The summed E-state index contributed by atoms with van der Waals surface area (Å²) in [5, 5.41) is 3.45. The van der Waals surface area contributed by atoms with E-state index in [-0.39, 0.29) is 0 Å². The number of ether oxygens (including phenoxy) is 1. The van der Waals surface area contributed by atoms with Crippen molar-refractivity contribution in [1.82, 2.24) is 5.32 Å². The summed E-state index contributed by atoms with van der Waals surface area (Å²) in [6.07, 6.45) is 5.10. The maximum Gasteiger partial charge on any atom is 0.133 e. The summed E-state index contributed by atoms with van der Waals surface area (Å²) in [5.41, 5.74) is 1.36. The highest BCUT2D eigenvalue weighted by molar-refractivity contribution is 9.10. The van der Waals surface area contributed by atoms with Crippen LogP contribution in [0.2, 0.25) is 0 Å². The molecule has 0 saturated heterocycles. The molecule has 0 heterocycles. The van der Waals surface area contributed by atoms with Crippen LogP contribution >= 0.6 is 15.9 Å². The molecule has 0 aromatic heterocycles. The van der Waals surface area contributed by atoms with Gasteiger partial charge in [-0.3, -0.25) is 0 Å². The quantitative estimate of drug-likeness (QED) is 0.845. The largest absolute Gasteiger partial charge is 0.492 e. The Labute approximate surface area is 118 Å². The monoisotopic (exact) mass is 311 g/mol. The number of hydrogen-bond acceptors (Lipinski definition) is 2. The van der Waals surface area contributed by atoms with Crippen molar-refractivity contribution in [1.29, 1.82) is 0 Å². The Hall–Kier alpha value is -0.540. The zero-order chi connectivity index (χ0) is 13.0. The molecule has 1 fully saturated rings. The van der Waals surface area contributed by atoms with E-state index >= 15 is 0 Å². The standard InChI is InChI=1S/C15H22BrNO/c1-3-9-18-14-8-7-12(10-13(14)16)15(17-2)11-5-4-6-11/h7-8,10-11,15,17H,3-6,9H2,1-2H3. The van der Waals surface area contributed by atoms with Crippen LogP contribution in [0.5, 0.6) is 5.75 Å². The van der Waals surface area contributed by atoms with Crippen LogP contribution in [0.3, 0.4) is 0 Å². The van der Waals surface area contributed by atoms with E-state index in [0.29, 0.717) is 6.04 Å². The molecule has 0 aliphatic heterocycles. The molecule has 0 radical (unpaired) electrons. The van der Waals surface area contributed by atoms with Gasteiger partial charge in [0.15, 0.2) is 0 Å². The normalized spacial score (nSPS) is 17.3. The molecule has 0 bridgehead atoms. The molecule has 1 saturated carbocycles. The third kappa shape index (κ3) is 3.07. The molecule has 2 rings (SSSR count). The average molecular weight is 312 g/mol. The lowest BCUT2D eigenvalue weighted by Crippen LogP contribution is -2.29. The first-order valence-corrected chi connectivity index (χ1v) is 7.65. The minimum atomic E-state index is 0.482. The Kier molecular flexibility index (Phi) is 5.07. The highest BCUT2D eigenvalue weighted by Gasteiger charge is 2.27. The number of halogens is 1. The molecule has 2 nitrogen and oxygen atoms in total. The van der Waals surface area contributed by atoms with Crippen molar-refractivity contribution in [3.05, 3.63) is 28.2 Å². The predicted octanol–water partition coefficient (Wildman–Crippen LogP) is 4.30. The molecular weight excluding hydrogens is 290 g/mol. The highest BCUT2D eigenvalue weighted by atomic mass is 79.9. The third-order valence-electron chi connectivity index (χ3n) is 3.71. The van der Waals surface area contributed by atoms with Crippen LogP contribution in [0.15, 0.2) is 22.7 Å². The highest BCUT2D eigenvalue weighted by Crippen LogP contribution is 2.39. The van der Waals surface area contributed by atoms with Crippen LogP contribution < -0.4 is 10.1 Å². The van der Waals surface area contributed by atoms with Crippen molar-refractivity contribution in [3.63, 3.8) is 0 Å². The van der Waals surface area contributed by atoms with Crippen LogP contribution in [0.1, 0.15) is 44.2 Å². The maximum atomic E-state index is 5.69. The van der Waals surface area contributed by atoms with Gasteiger partial charge >= 0.3 is 0 Å². The van der Waals surface area contributed by atoms with E-state index in [1.807, 2.05) is 0 Å². The Morgan fingerprint density at radius 3 is 2.72 bits per heavy atom. The van der Waals surface area contributed by atoms with Gasteiger partial charge < -0.3 is 10.1 Å². The van der Waals surface area contributed by atoms with Gasteiger partial charge in [0.2, 0.25) is 0 Å². The first-order chi connectivity index (χ1) is 8.76. The van der Waals surface area contributed by atoms with Gasteiger partial charge in [-0.15, -0.1) is 0 Å². The SMILES string of the molecule is CCCOc1ccc(C(NC)C2CCC2)cc1Br. The summed E-state index contributed by atoms with van der Waals surface area (Å²) in [4.78, 5) is 0. The summed E-state index contributed by atoms with van der Waals surface area (Å²) < 4.78 is 6.75. The second-order valence-electron chi connectivity index (χ2n) is 5.00. The van der Waals surface area contributed by atoms with E-state index in [1.165, 1.54) is 24.8 Å². The Balaban J connectivity index is 2.11. The molecule has 1 N–H and O–H groups in total. The van der Waals surface area contributed by atoms with Crippen LogP contribution in [0, 0.1) is 5.92 Å². The van der Waals surface area contributed by atoms with Gasteiger partial charge in [0.25, 0.3) is 0 Å². The van der Waals surface area contributed by atoms with Gasteiger partial charge in [0.05, 0.1) is 11.1 Å². The van der Waals surface area contributed by atoms with Crippen molar-refractivity contribution in [2.45, 2.75) is 38.6 Å². The molecule has 100 valence electrons. The lowest BCUT2D eigenvalue weighted by atomic mass is 9.77. The van der Waals surface area contributed by atoms with E-state index in [0.717, 1.165) is 29.2 Å². The van der Waals surface area contributed by atoms with Crippen LogP contribution in [-0.4, -0.2) is 13.7 Å². The van der Waals surface area contributed by atoms with Gasteiger partial charge in [0, 0.05) is 6.04 Å². The Morgan fingerprint density at radius 2 is 2.22 bits per heavy atom. The molecule has 18 heavy (non-hydrogen) atoms. The first-order valence-electron chi connectivity index (χ1n) is 6.85. The van der Waals surface area contributed by atoms with Gasteiger partial charge in [-0.1, -0.05) is 19.4 Å². The average Bonchev–Trinajstić information content (AvgIpc) is 2.32. The van der Waals surface area contributed by atoms with Gasteiger partial charge in [-0.25, -0.2) is 0 Å². The fourth-order valence-electron chi connectivity index (χ4n) is 2.49. The van der Waals surface area contributed by atoms with Crippen molar-refractivity contribution < 1.29 is 4.74 Å². The summed E-state index contributed by atoms with van der Waals surface area (Å²) >= 11 is 3.61. The fraction of sp³-hybridized carbons (Fsp3) is 0.600. The van der Waals surface area contributed by atoms with Gasteiger partial charge in [0.1, 0.15) is 5.75 Å². The summed E-state index contributed by atoms with van der Waals surface area (Å²) in [5.74, 6) is 1.74. The zero-order valence-electron chi connectivity index (χ0n) is 11.2. The molecular formula is C15H22BrNO. The smallest absolute Gasteiger partial charge is 0.133 e. The number of benzene rings is 1. The Bertz CT molecular complexity index is 390. The maximum absolute atomic E-state index is 5.69. The van der Waals surface area contributed by atoms with Crippen molar-refractivity contribution >= 4 is 15.9 Å². The molecule has 3 heteroatoms. The minimum Gasteiger partial charge on any atom is -0.492 e. The van der Waals surface area contributed by atoms with E-state index < -0.39 is 0 Å². The van der Waals surface area contributed by atoms with Gasteiger partial charge in [-0.05, 0) is 65.9 Å². The number of hydrogen-bond donors (Lipinski definition) is 1. The van der Waals surface area contributed by atoms with Crippen molar-refractivity contribution in [2.75, 3.05) is 13.7 Å². The summed E-state index contributed by atoms with van der Waals surface area (Å²) in [6, 6.07) is 6.95. The second-order valence-corrected chi connectivity index (χ2v) is 5.85.